The molecule has 2 rings (SSSR count). The molecule has 1 aliphatic heterocycles. The second kappa shape index (κ2) is 5.46. The highest BCUT2D eigenvalue weighted by Gasteiger charge is 2.19. The average Bonchev–Trinajstić information content (AvgIpc) is 2.33. The number of rotatable bonds is 2. The van der Waals surface area contributed by atoms with Crippen LogP contribution in [0.5, 0.6) is 0 Å². The van der Waals surface area contributed by atoms with Gasteiger partial charge in [-0.05, 0) is 37.4 Å². The highest BCUT2D eigenvalue weighted by Crippen LogP contribution is 2.20. The lowest BCUT2D eigenvalue weighted by atomic mass is 10.1. The summed E-state index contributed by atoms with van der Waals surface area (Å²) in [6.07, 6.45) is 4.90. The predicted molar refractivity (Wildman–Crippen MR) is 70.6 cm³/mol. The van der Waals surface area contributed by atoms with E-state index >= 15 is 0 Å². The van der Waals surface area contributed by atoms with E-state index in [1.165, 1.54) is 35.2 Å². The lowest BCUT2D eigenvalue weighted by molar-refractivity contribution is 0.292. The van der Waals surface area contributed by atoms with Crippen molar-refractivity contribution in [2.45, 2.75) is 32.7 Å². The molecule has 0 bridgehead atoms. The van der Waals surface area contributed by atoms with Crippen LogP contribution in [0.25, 0.3) is 6.08 Å². The maximum atomic E-state index is 5.89. The van der Waals surface area contributed by atoms with Gasteiger partial charge in [0, 0.05) is 6.61 Å². The topological polar surface area (TPSA) is 9.23 Å². The molecule has 1 heterocycles. The average molecular weight is 231 g/mol. The van der Waals surface area contributed by atoms with E-state index in [0.717, 1.165) is 6.61 Å². The lowest BCUT2D eigenvalue weighted by Gasteiger charge is -2.21. The third-order valence-corrected chi connectivity index (χ3v) is 5.46. The molecule has 0 spiro atoms. The largest absolute Gasteiger partial charge is 0.412 e. The summed E-state index contributed by atoms with van der Waals surface area (Å²) in [7, 11) is -0.679. The van der Waals surface area contributed by atoms with E-state index in [9.17, 15) is 0 Å². The van der Waals surface area contributed by atoms with Gasteiger partial charge in [-0.3, -0.25) is 0 Å². The summed E-state index contributed by atoms with van der Waals surface area (Å²) < 4.78 is 5.89. The van der Waals surface area contributed by atoms with Crippen molar-refractivity contribution in [3.05, 3.63) is 40.6 Å². The number of allylic oxidation sites excluding steroid dienone is 1. The van der Waals surface area contributed by atoms with Gasteiger partial charge in [0.1, 0.15) is 0 Å². The molecule has 1 aromatic rings. The summed E-state index contributed by atoms with van der Waals surface area (Å²) in [5.74, 6) is 0. The molecule has 0 atom stereocenters. The van der Waals surface area contributed by atoms with Gasteiger partial charge in [0.15, 0.2) is 0 Å². The fourth-order valence-corrected chi connectivity index (χ4v) is 4.07. The van der Waals surface area contributed by atoms with Crippen LogP contribution in [0.2, 0.25) is 6.04 Å². The zero-order chi connectivity index (χ0) is 11.4. The van der Waals surface area contributed by atoms with E-state index in [1.54, 1.807) is 0 Å². The van der Waals surface area contributed by atoms with E-state index < -0.39 is 9.04 Å². The maximum absolute atomic E-state index is 5.89. The van der Waals surface area contributed by atoms with E-state index in [4.69, 9.17) is 4.43 Å². The summed E-state index contributed by atoms with van der Waals surface area (Å²) >= 11 is 0. The van der Waals surface area contributed by atoms with Crippen molar-refractivity contribution in [1.82, 2.24) is 0 Å². The van der Waals surface area contributed by atoms with Crippen LogP contribution in [-0.2, 0) is 4.43 Å². The first kappa shape index (κ1) is 11.6. The van der Waals surface area contributed by atoms with Crippen molar-refractivity contribution in [2.75, 3.05) is 6.61 Å². The van der Waals surface area contributed by atoms with E-state index in [1.807, 2.05) is 0 Å². The van der Waals surface area contributed by atoms with Gasteiger partial charge in [-0.15, -0.1) is 0 Å². The Balaban J connectivity index is 2.13. The Hall–Kier alpha value is -0.863. The van der Waals surface area contributed by atoms with Gasteiger partial charge >= 0.3 is 0 Å². The van der Waals surface area contributed by atoms with Crippen LogP contribution >= 0.6 is 0 Å². The van der Waals surface area contributed by atoms with Gasteiger partial charge in [-0.2, -0.15) is 0 Å². The Morgan fingerprint density at radius 2 is 2.12 bits per heavy atom. The Kier molecular flexibility index (Phi) is 3.96. The van der Waals surface area contributed by atoms with E-state index in [-0.39, 0.29) is 0 Å². The third-order valence-electron chi connectivity index (χ3n) is 3.07. The normalized spacial score (nSPS) is 18.8. The highest BCUT2D eigenvalue weighted by molar-refractivity contribution is 6.61. The first-order valence-electron chi connectivity index (χ1n) is 6.00. The number of aryl methyl sites for hydroxylation is 1. The fraction of sp³-hybridized carbons (Fsp3) is 0.429. The molecule has 1 saturated heterocycles. The third kappa shape index (κ3) is 2.83. The highest BCUT2D eigenvalue weighted by atomic mass is 28.3. The molecule has 1 aromatic carbocycles. The molecule has 0 N–H and O–H groups in total. The zero-order valence-electron chi connectivity index (χ0n) is 10.1. The SMILES string of the molecule is CC(=Cc1ccccc1C)[Si]1CCCCO1. The van der Waals surface area contributed by atoms with E-state index in [0.29, 0.717) is 0 Å². The first-order valence-corrected chi connectivity index (χ1v) is 7.62. The Morgan fingerprint density at radius 3 is 2.81 bits per heavy atom. The van der Waals surface area contributed by atoms with Crippen molar-refractivity contribution < 1.29 is 4.43 Å². The molecule has 0 saturated carbocycles. The Bertz CT molecular complexity index is 378. The van der Waals surface area contributed by atoms with Crippen LogP contribution in [0.15, 0.2) is 29.5 Å². The van der Waals surface area contributed by atoms with Crippen LogP contribution in [0.1, 0.15) is 30.9 Å². The van der Waals surface area contributed by atoms with Crippen molar-refractivity contribution in [1.29, 1.82) is 0 Å². The molecule has 1 aliphatic rings. The van der Waals surface area contributed by atoms with Gasteiger partial charge < -0.3 is 4.43 Å². The predicted octanol–water partition coefficient (Wildman–Crippen LogP) is 3.74. The molecule has 0 amide bonds. The Morgan fingerprint density at radius 1 is 1.31 bits per heavy atom. The first-order chi connectivity index (χ1) is 7.77. The molecule has 1 nitrogen and oxygen atoms in total. The van der Waals surface area contributed by atoms with Crippen molar-refractivity contribution in [2.24, 2.45) is 0 Å². The smallest absolute Gasteiger partial charge is 0.242 e. The van der Waals surface area contributed by atoms with Gasteiger partial charge in [0.05, 0.1) is 0 Å². The number of hydrogen-bond donors (Lipinski definition) is 0. The molecule has 16 heavy (non-hydrogen) atoms. The minimum atomic E-state index is -0.679. The van der Waals surface area contributed by atoms with Crippen molar-refractivity contribution in [3.8, 4) is 0 Å². The summed E-state index contributed by atoms with van der Waals surface area (Å²) in [5.41, 5.74) is 2.69. The van der Waals surface area contributed by atoms with Crippen LogP contribution in [0.4, 0.5) is 0 Å². The van der Waals surface area contributed by atoms with Crippen LogP contribution in [0, 0.1) is 6.92 Å². The molecule has 1 radical (unpaired) electrons. The van der Waals surface area contributed by atoms with Crippen molar-refractivity contribution >= 4 is 15.1 Å². The summed E-state index contributed by atoms with van der Waals surface area (Å²) in [4.78, 5) is 0. The van der Waals surface area contributed by atoms with Gasteiger partial charge in [-0.1, -0.05) is 42.0 Å². The van der Waals surface area contributed by atoms with Crippen molar-refractivity contribution in [3.63, 3.8) is 0 Å². The van der Waals surface area contributed by atoms with Gasteiger partial charge in [-0.25, -0.2) is 0 Å². The second-order valence-corrected chi connectivity index (χ2v) is 6.84. The standard InChI is InChI=1S/C14H19OSi/c1-12-7-3-4-8-14(12)11-13(2)16-10-6-5-9-15-16/h3-4,7-8,11H,5-6,9-10H2,1-2H3. The molecule has 85 valence electrons. The number of benzene rings is 1. The molecule has 0 aromatic heterocycles. The van der Waals surface area contributed by atoms with Crippen LogP contribution < -0.4 is 0 Å². The molecule has 2 heteroatoms. The summed E-state index contributed by atoms with van der Waals surface area (Å²) in [6, 6.07) is 9.82. The quantitative estimate of drug-likeness (QED) is 0.705. The van der Waals surface area contributed by atoms with E-state index in [2.05, 4.69) is 44.2 Å². The fourth-order valence-electron chi connectivity index (χ4n) is 2.03. The molecule has 1 fully saturated rings. The van der Waals surface area contributed by atoms with Gasteiger partial charge in [0.2, 0.25) is 9.04 Å². The zero-order valence-corrected chi connectivity index (χ0v) is 11.1. The molecular formula is C14H19OSi. The maximum Gasteiger partial charge on any atom is 0.242 e. The molecule has 0 aliphatic carbocycles. The second-order valence-electron chi connectivity index (χ2n) is 4.41. The summed E-state index contributed by atoms with van der Waals surface area (Å²) in [5, 5.41) is 1.46. The minimum absolute atomic E-state index is 0.679. The minimum Gasteiger partial charge on any atom is -0.412 e. The van der Waals surface area contributed by atoms with Crippen LogP contribution in [-0.4, -0.2) is 15.6 Å². The molecule has 0 unspecified atom stereocenters. The lowest BCUT2D eigenvalue weighted by Crippen LogP contribution is -2.24. The number of hydrogen-bond acceptors (Lipinski definition) is 1. The monoisotopic (exact) mass is 231 g/mol. The van der Waals surface area contributed by atoms with Gasteiger partial charge in [0.25, 0.3) is 0 Å². The van der Waals surface area contributed by atoms with Crippen LogP contribution in [0.3, 0.4) is 0 Å². The summed E-state index contributed by atoms with van der Waals surface area (Å²) in [6.45, 7) is 5.36. The Labute approximate surface area is 99.9 Å². The molecular weight excluding hydrogens is 212 g/mol.